The number of benzene rings is 2. The largest absolute Gasteiger partial charge is 0.369 e. The van der Waals surface area contributed by atoms with Gasteiger partial charge in [-0.15, -0.1) is 11.6 Å². The Morgan fingerprint density at radius 3 is 2.18 bits per heavy atom. The van der Waals surface area contributed by atoms with E-state index in [9.17, 15) is 4.39 Å². The maximum atomic E-state index is 13.0. The van der Waals surface area contributed by atoms with Crippen molar-refractivity contribution in [2.24, 2.45) is 0 Å². The highest BCUT2D eigenvalue weighted by atomic mass is 35.5. The molecule has 0 N–H and O–H groups in total. The van der Waals surface area contributed by atoms with Crippen molar-refractivity contribution < 1.29 is 4.39 Å². The molecule has 0 bridgehead atoms. The molecule has 2 aromatic carbocycles. The van der Waals surface area contributed by atoms with Crippen molar-refractivity contribution in [3.05, 3.63) is 66.0 Å². The predicted molar refractivity (Wildman–Crippen MR) is 90.1 cm³/mol. The molecule has 0 radical (unpaired) electrons. The van der Waals surface area contributed by atoms with E-state index in [2.05, 4.69) is 34.1 Å². The molecule has 116 valence electrons. The number of nitrogens with zero attached hydrogens (tertiary/aromatic N) is 2. The fourth-order valence-electron chi connectivity index (χ4n) is 2.83. The summed E-state index contributed by atoms with van der Waals surface area (Å²) in [6, 6.07) is 17.0. The SMILES string of the molecule is Fc1ccc(C(Cl)CN2CCN(c3ccccc3)CC2)cc1. The average Bonchev–Trinajstić information content (AvgIpc) is 2.57. The molecule has 2 nitrogen and oxygen atoms in total. The second kappa shape index (κ2) is 7.12. The van der Waals surface area contributed by atoms with E-state index in [1.807, 2.05) is 6.07 Å². The maximum absolute atomic E-state index is 13.0. The summed E-state index contributed by atoms with van der Waals surface area (Å²) < 4.78 is 13.0. The second-order valence-corrected chi connectivity index (χ2v) is 6.17. The molecule has 22 heavy (non-hydrogen) atoms. The van der Waals surface area contributed by atoms with Crippen LogP contribution >= 0.6 is 11.6 Å². The number of alkyl halides is 1. The summed E-state index contributed by atoms with van der Waals surface area (Å²) in [6.45, 7) is 4.82. The maximum Gasteiger partial charge on any atom is 0.123 e. The standard InChI is InChI=1S/C18H20ClFN2/c19-18(15-6-8-16(20)9-7-15)14-21-10-12-22(13-11-21)17-4-2-1-3-5-17/h1-9,18H,10-14H2. The van der Waals surface area contributed by atoms with Gasteiger partial charge in [0.2, 0.25) is 0 Å². The van der Waals surface area contributed by atoms with E-state index in [4.69, 9.17) is 11.6 Å². The Balaban J connectivity index is 1.52. The van der Waals surface area contributed by atoms with Crippen LogP contribution in [0.3, 0.4) is 0 Å². The lowest BCUT2D eigenvalue weighted by Gasteiger charge is -2.36. The Hall–Kier alpha value is -1.58. The summed E-state index contributed by atoms with van der Waals surface area (Å²) >= 11 is 6.47. The predicted octanol–water partition coefficient (Wildman–Crippen LogP) is 3.93. The molecule has 2 aromatic rings. The molecular formula is C18H20ClFN2. The summed E-state index contributed by atoms with van der Waals surface area (Å²) in [4.78, 5) is 4.78. The summed E-state index contributed by atoms with van der Waals surface area (Å²) in [5.74, 6) is -0.218. The number of anilines is 1. The van der Waals surface area contributed by atoms with Gasteiger partial charge in [-0.25, -0.2) is 4.39 Å². The van der Waals surface area contributed by atoms with Crippen molar-refractivity contribution in [2.45, 2.75) is 5.38 Å². The number of halogens is 2. The molecule has 0 saturated carbocycles. The van der Waals surface area contributed by atoms with E-state index in [0.717, 1.165) is 38.3 Å². The third-order valence-corrected chi connectivity index (χ3v) is 4.53. The molecule has 0 amide bonds. The molecule has 0 aliphatic carbocycles. The molecule has 1 saturated heterocycles. The molecule has 1 aliphatic rings. The van der Waals surface area contributed by atoms with Crippen LogP contribution < -0.4 is 4.90 Å². The fraction of sp³-hybridized carbons (Fsp3) is 0.333. The lowest BCUT2D eigenvalue weighted by atomic mass is 10.1. The van der Waals surface area contributed by atoms with Crippen LogP contribution in [0.2, 0.25) is 0 Å². The number of rotatable bonds is 4. The first-order valence-corrected chi connectivity index (χ1v) is 8.08. The Morgan fingerprint density at radius 1 is 0.909 bits per heavy atom. The molecule has 1 aliphatic heterocycles. The summed E-state index contributed by atoms with van der Waals surface area (Å²) in [5.41, 5.74) is 2.26. The van der Waals surface area contributed by atoms with Gasteiger partial charge in [-0.05, 0) is 29.8 Å². The number of piperazine rings is 1. The van der Waals surface area contributed by atoms with E-state index in [-0.39, 0.29) is 11.2 Å². The van der Waals surface area contributed by atoms with Crippen LogP contribution in [-0.4, -0.2) is 37.6 Å². The van der Waals surface area contributed by atoms with Crippen molar-refractivity contribution in [3.63, 3.8) is 0 Å². The molecular weight excluding hydrogens is 299 g/mol. The van der Waals surface area contributed by atoms with Gasteiger partial charge in [0.25, 0.3) is 0 Å². The van der Waals surface area contributed by atoms with Crippen LogP contribution in [0.1, 0.15) is 10.9 Å². The zero-order valence-corrected chi connectivity index (χ0v) is 13.2. The zero-order chi connectivity index (χ0) is 15.4. The Morgan fingerprint density at radius 2 is 1.55 bits per heavy atom. The van der Waals surface area contributed by atoms with Gasteiger partial charge < -0.3 is 4.90 Å². The third kappa shape index (κ3) is 3.79. The topological polar surface area (TPSA) is 6.48 Å². The van der Waals surface area contributed by atoms with E-state index in [1.54, 1.807) is 12.1 Å². The highest BCUT2D eigenvalue weighted by Gasteiger charge is 2.20. The van der Waals surface area contributed by atoms with Gasteiger partial charge in [0.1, 0.15) is 5.82 Å². The van der Waals surface area contributed by atoms with Crippen LogP contribution in [0, 0.1) is 5.82 Å². The normalized spacial score (nSPS) is 17.5. The minimum Gasteiger partial charge on any atom is -0.369 e. The van der Waals surface area contributed by atoms with E-state index in [0.29, 0.717) is 0 Å². The van der Waals surface area contributed by atoms with Crippen LogP contribution in [0.5, 0.6) is 0 Å². The molecule has 1 heterocycles. The van der Waals surface area contributed by atoms with Crippen molar-refractivity contribution in [1.29, 1.82) is 0 Å². The van der Waals surface area contributed by atoms with Gasteiger partial charge in [0.15, 0.2) is 0 Å². The first-order chi connectivity index (χ1) is 10.7. The molecule has 0 aromatic heterocycles. The highest BCUT2D eigenvalue weighted by Crippen LogP contribution is 2.23. The van der Waals surface area contributed by atoms with Crippen molar-refractivity contribution in [2.75, 3.05) is 37.6 Å². The minimum atomic E-state index is -0.218. The first kappa shape index (κ1) is 15.3. The molecule has 1 fully saturated rings. The number of hydrogen-bond acceptors (Lipinski definition) is 2. The smallest absolute Gasteiger partial charge is 0.123 e. The average molecular weight is 319 g/mol. The Kier molecular flexibility index (Phi) is 4.96. The minimum absolute atomic E-state index is 0.0936. The van der Waals surface area contributed by atoms with Crippen LogP contribution in [-0.2, 0) is 0 Å². The Labute approximate surface area is 136 Å². The summed E-state index contributed by atoms with van der Waals surface area (Å²) in [6.07, 6.45) is 0. The molecule has 0 spiro atoms. The number of hydrogen-bond donors (Lipinski definition) is 0. The lowest BCUT2D eigenvalue weighted by Crippen LogP contribution is -2.47. The van der Waals surface area contributed by atoms with Crippen LogP contribution in [0.4, 0.5) is 10.1 Å². The summed E-state index contributed by atoms with van der Waals surface area (Å²) in [5, 5.41) is -0.0936. The fourth-order valence-corrected chi connectivity index (χ4v) is 3.17. The van der Waals surface area contributed by atoms with Gasteiger partial charge in [-0.1, -0.05) is 30.3 Å². The first-order valence-electron chi connectivity index (χ1n) is 7.64. The van der Waals surface area contributed by atoms with E-state index in [1.165, 1.54) is 17.8 Å². The number of para-hydroxylation sites is 1. The Bertz CT molecular complexity index is 580. The monoisotopic (exact) mass is 318 g/mol. The molecule has 1 atom stereocenters. The zero-order valence-electron chi connectivity index (χ0n) is 12.5. The van der Waals surface area contributed by atoms with Crippen molar-refractivity contribution >= 4 is 17.3 Å². The second-order valence-electron chi connectivity index (χ2n) is 5.64. The van der Waals surface area contributed by atoms with Gasteiger partial charge in [-0.3, -0.25) is 4.90 Å². The molecule has 4 heteroatoms. The quantitative estimate of drug-likeness (QED) is 0.788. The van der Waals surface area contributed by atoms with Crippen molar-refractivity contribution in [3.8, 4) is 0 Å². The lowest BCUT2D eigenvalue weighted by molar-refractivity contribution is 0.258. The van der Waals surface area contributed by atoms with Crippen molar-refractivity contribution in [1.82, 2.24) is 4.90 Å². The van der Waals surface area contributed by atoms with E-state index < -0.39 is 0 Å². The highest BCUT2D eigenvalue weighted by molar-refractivity contribution is 6.21. The van der Waals surface area contributed by atoms with Gasteiger partial charge in [0, 0.05) is 38.4 Å². The molecule has 3 rings (SSSR count). The van der Waals surface area contributed by atoms with Crippen LogP contribution in [0.25, 0.3) is 0 Å². The molecule has 1 unspecified atom stereocenters. The third-order valence-electron chi connectivity index (χ3n) is 4.14. The van der Waals surface area contributed by atoms with Gasteiger partial charge in [0.05, 0.1) is 5.38 Å². The van der Waals surface area contributed by atoms with Gasteiger partial charge in [-0.2, -0.15) is 0 Å². The van der Waals surface area contributed by atoms with Gasteiger partial charge >= 0.3 is 0 Å². The van der Waals surface area contributed by atoms with E-state index >= 15 is 0 Å². The van der Waals surface area contributed by atoms with Crippen LogP contribution in [0.15, 0.2) is 54.6 Å². The summed E-state index contributed by atoms with van der Waals surface area (Å²) in [7, 11) is 0.